The third kappa shape index (κ3) is 3.11. The Labute approximate surface area is 128 Å². The van der Waals surface area contributed by atoms with Crippen LogP contribution < -0.4 is 4.74 Å². The topological polar surface area (TPSA) is 26.3 Å². The van der Waals surface area contributed by atoms with Crippen LogP contribution in [-0.4, -0.2) is 5.78 Å². The fraction of sp³-hybridized carbons (Fsp3) is 0.0714. The van der Waals surface area contributed by atoms with Crippen molar-refractivity contribution >= 4 is 44.3 Å². The molecule has 0 amide bonds. The first-order valence-corrected chi connectivity index (χ1v) is 7.18. The van der Waals surface area contributed by atoms with Gasteiger partial charge in [-0.2, -0.15) is 0 Å². The Morgan fingerprint density at radius 1 is 1.17 bits per heavy atom. The van der Waals surface area contributed by atoms with Crippen molar-refractivity contribution < 1.29 is 9.53 Å². The molecule has 0 radical (unpaired) electrons. The number of ketones is 1. The van der Waals surface area contributed by atoms with E-state index in [0.717, 1.165) is 13.8 Å². The lowest BCUT2D eigenvalue weighted by Crippen LogP contribution is -1.93. The lowest BCUT2D eigenvalue weighted by molar-refractivity contribution is 0.101. The molecule has 0 saturated carbocycles. The van der Waals surface area contributed by atoms with Crippen LogP contribution in [0.4, 0.5) is 0 Å². The van der Waals surface area contributed by atoms with Crippen LogP contribution in [0.15, 0.2) is 46.9 Å². The van der Waals surface area contributed by atoms with Gasteiger partial charge < -0.3 is 4.74 Å². The van der Waals surface area contributed by atoms with Crippen LogP contribution in [0, 0.1) is 3.57 Å². The predicted octanol–water partition coefficient (Wildman–Crippen LogP) is 5.05. The fourth-order valence-electron chi connectivity index (χ4n) is 1.45. The average molecular weight is 417 g/mol. The maximum atomic E-state index is 11.3. The highest BCUT2D eigenvalue weighted by molar-refractivity contribution is 14.1. The molecular formula is C14H10BrIO2. The molecule has 0 unspecified atom stereocenters. The molecule has 4 heteroatoms. The SMILES string of the molecule is CC(=O)c1ccc(Oc2ccccc2I)c(Br)c1. The first-order chi connectivity index (χ1) is 8.58. The molecule has 0 N–H and O–H groups in total. The van der Waals surface area contributed by atoms with Gasteiger partial charge in [0.15, 0.2) is 5.78 Å². The van der Waals surface area contributed by atoms with Crippen LogP contribution in [0.1, 0.15) is 17.3 Å². The molecule has 2 nitrogen and oxygen atoms in total. The van der Waals surface area contributed by atoms with Gasteiger partial charge in [0.05, 0.1) is 8.04 Å². The Balaban J connectivity index is 2.30. The van der Waals surface area contributed by atoms with E-state index in [2.05, 4.69) is 38.5 Å². The molecule has 0 spiro atoms. The minimum atomic E-state index is 0.0385. The van der Waals surface area contributed by atoms with Crippen molar-refractivity contribution in [3.8, 4) is 11.5 Å². The van der Waals surface area contributed by atoms with Gasteiger partial charge in [-0.15, -0.1) is 0 Å². The number of ether oxygens (including phenoxy) is 1. The first-order valence-electron chi connectivity index (χ1n) is 5.31. The molecule has 92 valence electrons. The zero-order valence-corrected chi connectivity index (χ0v) is 13.4. The van der Waals surface area contributed by atoms with Crippen LogP contribution in [0.3, 0.4) is 0 Å². The van der Waals surface area contributed by atoms with Crippen molar-refractivity contribution in [3.63, 3.8) is 0 Å². The number of rotatable bonds is 3. The summed E-state index contributed by atoms with van der Waals surface area (Å²) < 4.78 is 7.62. The van der Waals surface area contributed by atoms with E-state index in [4.69, 9.17) is 4.74 Å². The Morgan fingerprint density at radius 2 is 1.89 bits per heavy atom. The van der Waals surface area contributed by atoms with Crippen LogP contribution in [-0.2, 0) is 0 Å². The summed E-state index contributed by atoms with van der Waals surface area (Å²) in [7, 11) is 0. The summed E-state index contributed by atoms with van der Waals surface area (Å²) in [6.45, 7) is 1.54. The van der Waals surface area contributed by atoms with Gasteiger partial charge in [0.2, 0.25) is 0 Å². The third-order valence-electron chi connectivity index (χ3n) is 2.39. The first kappa shape index (κ1) is 13.5. The van der Waals surface area contributed by atoms with Gasteiger partial charge in [-0.1, -0.05) is 12.1 Å². The van der Waals surface area contributed by atoms with E-state index in [1.807, 2.05) is 24.3 Å². The highest BCUT2D eigenvalue weighted by atomic mass is 127. The second-order valence-electron chi connectivity index (χ2n) is 3.73. The van der Waals surface area contributed by atoms with Crippen LogP contribution in [0.5, 0.6) is 11.5 Å². The Hall–Kier alpha value is -0.880. The highest BCUT2D eigenvalue weighted by Crippen LogP contribution is 2.32. The Morgan fingerprint density at radius 3 is 2.50 bits per heavy atom. The highest BCUT2D eigenvalue weighted by Gasteiger charge is 2.08. The molecule has 0 saturated heterocycles. The lowest BCUT2D eigenvalue weighted by Gasteiger charge is -2.10. The van der Waals surface area contributed by atoms with Gasteiger partial charge in [-0.3, -0.25) is 4.79 Å². The normalized spacial score (nSPS) is 10.2. The second-order valence-corrected chi connectivity index (χ2v) is 5.75. The van der Waals surface area contributed by atoms with E-state index < -0.39 is 0 Å². The molecule has 0 fully saturated rings. The van der Waals surface area contributed by atoms with Crippen molar-refractivity contribution in [1.29, 1.82) is 0 Å². The molecule has 2 rings (SSSR count). The van der Waals surface area contributed by atoms with Gasteiger partial charge in [-0.05, 0) is 75.8 Å². The number of carbonyl (C=O) groups is 1. The van der Waals surface area contributed by atoms with Gasteiger partial charge in [0, 0.05) is 5.56 Å². The number of hydrogen-bond donors (Lipinski definition) is 0. The van der Waals surface area contributed by atoms with Crippen molar-refractivity contribution in [3.05, 3.63) is 56.1 Å². The zero-order chi connectivity index (χ0) is 13.1. The van der Waals surface area contributed by atoms with E-state index in [0.29, 0.717) is 11.3 Å². The molecule has 2 aromatic rings. The monoisotopic (exact) mass is 416 g/mol. The standard InChI is InChI=1S/C14H10BrIO2/c1-9(17)10-6-7-13(11(15)8-10)18-14-5-3-2-4-12(14)16/h2-8H,1H3. The second kappa shape index (κ2) is 5.84. The third-order valence-corrected chi connectivity index (χ3v) is 3.91. The minimum absolute atomic E-state index is 0.0385. The Bertz CT molecular complexity index is 596. The van der Waals surface area contributed by atoms with Gasteiger partial charge >= 0.3 is 0 Å². The van der Waals surface area contributed by atoms with E-state index >= 15 is 0 Å². The van der Waals surface area contributed by atoms with Crippen molar-refractivity contribution in [1.82, 2.24) is 0 Å². The summed E-state index contributed by atoms with van der Waals surface area (Å²) in [6.07, 6.45) is 0. The molecule has 0 heterocycles. The number of para-hydroxylation sites is 1. The van der Waals surface area contributed by atoms with Gasteiger partial charge in [0.25, 0.3) is 0 Å². The van der Waals surface area contributed by atoms with Crippen LogP contribution >= 0.6 is 38.5 Å². The summed E-state index contributed by atoms with van der Waals surface area (Å²) in [5, 5.41) is 0. The summed E-state index contributed by atoms with van der Waals surface area (Å²) in [6, 6.07) is 13.1. The fourth-order valence-corrected chi connectivity index (χ4v) is 2.41. The van der Waals surface area contributed by atoms with Gasteiger partial charge in [0.1, 0.15) is 11.5 Å². The van der Waals surface area contributed by atoms with Gasteiger partial charge in [-0.25, -0.2) is 0 Å². The zero-order valence-electron chi connectivity index (χ0n) is 9.61. The van der Waals surface area contributed by atoms with E-state index in [1.165, 1.54) is 0 Å². The van der Waals surface area contributed by atoms with Crippen LogP contribution in [0.25, 0.3) is 0 Å². The molecule has 18 heavy (non-hydrogen) atoms. The number of benzene rings is 2. The molecule has 0 atom stereocenters. The van der Waals surface area contributed by atoms with E-state index in [9.17, 15) is 4.79 Å². The maximum absolute atomic E-state index is 11.3. The lowest BCUT2D eigenvalue weighted by atomic mass is 10.1. The average Bonchev–Trinajstić information content (AvgIpc) is 2.34. The van der Waals surface area contributed by atoms with Crippen molar-refractivity contribution in [2.45, 2.75) is 6.92 Å². The smallest absolute Gasteiger partial charge is 0.159 e. The van der Waals surface area contributed by atoms with Crippen LogP contribution in [0.2, 0.25) is 0 Å². The minimum Gasteiger partial charge on any atom is -0.455 e. The number of hydrogen-bond acceptors (Lipinski definition) is 2. The van der Waals surface area contributed by atoms with E-state index in [-0.39, 0.29) is 5.78 Å². The Kier molecular flexibility index (Phi) is 4.40. The summed E-state index contributed by atoms with van der Waals surface area (Å²) in [5.74, 6) is 1.54. The predicted molar refractivity (Wildman–Crippen MR) is 83.4 cm³/mol. The molecule has 0 aliphatic heterocycles. The number of Topliss-reactive ketones (excluding diaryl/α,β-unsaturated/α-hetero) is 1. The summed E-state index contributed by atoms with van der Waals surface area (Å²) >= 11 is 5.64. The molecule has 0 bridgehead atoms. The molecule has 0 aliphatic rings. The molecular weight excluding hydrogens is 407 g/mol. The molecule has 0 aliphatic carbocycles. The number of halogens is 2. The largest absolute Gasteiger partial charge is 0.455 e. The quantitative estimate of drug-likeness (QED) is 0.517. The van der Waals surface area contributed by atoms with E-state index in [1.54, 1.807) is 25.1 Å². The number of carbonyl (C=O) groups excluding carboxylic acids is 1. The molecule has 0 aromatic heterocycles. The summed E-state index contributed by atoms with van der Waals surface area (Å²) in [4.78, 5) is 11.3. The summed E-state index contributed by atoms with van der Waals surface area (Å²) in [5.41, 5.74) is 0.664. The maximum Gasteiger partial charge on any atom is 0.159 e. The van der Waals surface area contributed by atoms with Crippen molar-refractivity contribution in [2.75, 3.05) is 0 Å². The van der Waals surface area contributed by atoms with Crippen molar-refractivity contribution in [2.24, 2.45) is 0 Å². The molecule has 2 aromatic carbocycles.